The lowest BCUT2D eigenvalue weighted by molar-refractivity contribution is 0.672. The van der Waals surface area contributed by atoms with E-state index in [0.717, 1.165) is 24.8 Å². The van der Waals surface area contributed by atoms with E-state index in [1.165, 1.54) is 12.2 Å². The van der Waals surface area contributed by atoms with E-state index in [2.05, 4.69) is 20.5 Å². The first-order valence-electron chi connectivity index (χ1n) is 4.69. The minimum Gasteiger partial charge on any atom is -0.363 e. The summed E-state index contributed by atoms with van der Waals surface area (Å²) >= 11 is 1.80. The van der Waals surface area contributed by atoms with Crippen LogP contribution in [0.1, 0.15) is 6.42 Å². The average molecular weight is 211 g/mol. The minimum atomic E-state index is 0.879. The van der Waals surface area contributed by atoms with Crippen molar-refractivity contribution in [3.8, 4) is 0 Å². The molecule has 0 radical (unpaired) electrons. The predicted octanol–water partition coefficient (Wildman–Crippen LogP) is 0.361. The van der Waals surface area contributed by atoms with Gasteiger partial charge in [0.1, 0.15) is 12.7 Å². The molecule has 0 amide bonds. The van der Waals surface area contributed by atoms with E-state index in [4.69, 9.17) is 0 Å². The third kappa shape index (κ3) is 2.73. The number of nitrogens with one attached hydrogen (secondary N) is 1. The summed E-state index contributed by atoms with van der Waals surface area (Å²) in [4.78, 5) is 4.38. The molecule has 0 aromatic carbocycles. The van der Waals surface area contributed by atoms with Gasteiger partial charge in [-0.3, -0.25) is 4.99 Å². The molecule has 1 N–H and O–H groups in total. The predicted molar refractivity (Wildman–Crippen MR) is 57.4 cm³/mol. The molecular formula is C8H13N5S. The topological polar surface area (TPSA) is 55.1 Å². The summed E-state index contributed by atoms with van der Waals surface area (Å²) in [5.41, 5.74) is 0. The maximum atomic E-state index is 4.38. The van der Waals surface area contributed by atoms with E-state index in [-0.39, 0.29) is 0 Å². The first-order valence-corrected chi connectivity index (χ1v) is 5.67. The molecule has 0 bridgehead atoms. The fraction of sp³-hybridized carbons (Fsp3) is 0.625. The van der Waals surface area contributed by atoms with Crippen molar-refractivity contribution in [2.45, 2.75) is 13.0 Å². The first kappa shape index (κ1) is 9.51. The molecule has 1 aromatic heterocycles. The van der Waals surface area contributed by atoms with Gasteiger partial charge < -0.3 is 9.88 Å². The van der Waals surface area contributed by atoms with Crippen LogP contribution in [-0.4, -0.2) is 38.8 Å². The SMILES string of the molecule is c1nncn1CCNC1=NCCCS1. The van der Waals surface area contributed by atoms with Crippen molar-refractivity contribution in [2.24, 2.45) is 4.99 Å². The maximum absolute atomic E-state index is 4.38. The molecule has 0 spiro atoms. The number of thioether (sulfide) groups is 1. The zero-order valence-corrected chi connectivity index (χ0v) is 8.70. The Balaban J connectivity index is 1.70. The summed E-state index contributed by atoms with van der Waals surface area (Å²) < 4.78 is 1.95. The van der Waals surface area contributed by atoms with Crippen LogP contribution in [0.5, 0.6) is 0 Å². The van der Waals surface area contributed by atoms with Gasteiger partial charge in [-0.1, -0.05) is 11.8 Å². The Morgan fingerprint density at radius 1 is 1.43 bits per heavy atom. The highest BCUT2D eigenvalue weighted by atomic mass is 32.2. The van der Waals surface area contributed by atoms with Gasteiger partial charge in [0.15, 0.2) is 5.17 Å². The summed E-state index contributed by atoms with van der Waals surface area (Å²) in [6.07, 6.45) is 4.64. The molecule has 0 fully saturated rings. The molecule has 1 aliphatic rings. The number of hydrogen-bond acceptors (Lipinski definition) is 5. The van der Waals surface area contributed by atoms with Crippen LogP contribution in [0, 0.1) is 0 Å². The fourth-order valence-corrected chi connectivity index (χ4v) is 2.05. The quantitative estimate of drug-likeness (QED) is 0.784. The Morgan fingerprint density at radius 3 is 3.00 bits per heavy atom. The van der Waals surface area contributed by atoms with Gasteiger partial charge in [0.25, 0.3) is 0 Å². The van der Waals surface area contributed by atoms with Gasteiger partial charge in [-0.05, 0) is 6.42 Å². The lowest BCUT2D eigenvalue weighted by Crippen LogP contribution is -2.26. The van der Waals surface area contributed by atoms with Crippen LogP contribution >= 0.6 is 11.8 Å². The van der Waals surface area contributed by atoms with Crippen molar-refractivity contribution in [2.75, 3.05) is 18.8 Å². The number of rotatable bonds is 3. The Labute approximate surface area is 87.0 Å². The van der Waals surface area contributed by atoms with E-state index in [1.807, 2.05) is 4.57 Å². The molecule has 0 atom stereocenters. The minimum absolute atomic E-state index is 0.879. The number of aliphatic imine (C=N–C) groups is 1. The highest BCUT2D eigenvalue weighted by Crippen LogP contribution is 2.09. The molecule has 1 aromatic rings. The van der Waals surface area contributed by atoms with Gasteiger partial charge in [-0.25, -0.2) is 0 Å². The molecule has 0 saturated heterocycles. The monoisotopic (exact) mass is 211 g/mol. The van der Waals surface area contributed by atoms with Crippen LogP contribution in [0.25, 0.3) is 0 Å². The summed E-state index contributed by atoms with van der Waals surface area (Å²) in [6.45, 7) is 2.72. The van der Waals surface area contributed by atoms with Crippen molar-refractivity contribution in [1.29, 1.82) is 0 Å². The molecule has 2 rings (SSSR count). The van der Waals surface area contributed by atoms with Gasteiger partial charge in [0, 0.05) is 25.4 Å². The Morgan fingerprint density at radius 2 is 2.29 bits per heavy atom. The van der Waals surface area contributed by atoms with Gasteiger partial charge in [0.05, 0.1) is 0 Å². The molecule has 6 heteroatoms. The standard InChI is InChI=1S/C8H13N5S/c1-2-9-8(14-5-1)10-3-4-13-6-11-12-7-13/h6-7H,1-5H2,(H,9,10). The molecule has 0 saturated carbocycles. The van der Waals surface area contributed by atoms with Crippen molar-refractivity contribution in [3.05, 3.63) is 12.7 Å². The van der Waals surface area contributed by atoms with Crippen LogP contribution in [-0.2, 0) is 6.54 Å². The molecule has 2 heterocycles. The smallest absolute Gasteiger partial charge is 0.156 e. The lowest BCUT2D eigenvalue weighted by Gasteiger charge is -2.12. The normalized spacial score (nSPS) is 16.4. The molecule has 76 valence electrons. The molecule has 1 aliphatic heterocycles. The summed E-state index contributed by atoms with van der Waals surface area (Å²) in [5.74, 6) is 1.18. The van der Waals surface area contributed by atoms with Crippen molar-refractivity contribution < 1.29 is 0 Å². The van der Waals surface area contributed by atoms with Crippen molar-refractivity contribution >= 4 is 16.9 Å². The summed E-state index contributed by atoms with van der Waals surface area (Å²) in [7, 11) is 0. The zero-order chi connectivity index (χ0) is 9.64. The average Bonchev–Trinajstić information content (AvgIpc) is 2.72. The molecule has 14 heavy (non-hydrogen) atoms. The van der Waals surface area contributed by atoms with Gasteiger partial charge in [-0.2, -0.15) is 0 Å². The van der Waals surface area contributed by atoms with Crippen molar-refractivity contribution in [3.63, 3.8) is 0 Å². The van der Waals surface area contributed by atoms with E-state index >= 15 is 0 Å². The second-order valence-corrected chi connectivity index (χ2v) is 4.10. The Bertz CT molecular complexity index is 295. The first-order chi connectivity index (χ1) is 6.95. The lowest BCUT2D eigenvalue weighted by atomic mass is 10.5. The highest BCUT2D eigenvalue weighted by Gasteiger charge is 2.03. The number of hydrogen-bond donors (Lipinski definition) is 1. The van der Waals surface area contributed by atoms with E-state index in [9.17, 15) is 0 Å². The summed E-state index contributed by atoms with van der Waals surface area (Å²) in [6, 6.07) is 0. The highest BCUT2D eigenvalue weighted by molar-refractivity contribution is 8.13. The number of aromatic nitrogens is 3. The van der Waals surface area contributed by atoms with E-state index < -0.39 is 0 Å². The Kier molecular flexibility index (Phi) is 3.39. The third-order valence-corrected chi connectivity index (χ3v) is 2.95. The van der Waals surface area contributed by atoms with Gasteiger partial charge >= 0.3 is 0 Å². The summed E-state index contributed by atoms with van der Waals surface area (Å²) in [5, 5.41) is 11.8. The number of amidine groups is 1. The van der Waals surface area contributed by atoms with Crippen LogP contribution in [0.3, 0.4) is 0 Å². The van der Waals surface area contributed by atoms with E-state index in [0.29, 0.717) is 0 Å². The number of nitrogens with zero attached hydrogens (tertiary/aromatic N) is 4. The van der Waals surface area contributed by atoms with Crippen LogP contribution in [0.15, 0.2) is 17.6 Å². The molecule has 0 aliphatic carbocycles. The fourth-order valence-electron chi connectivity index (χ4n) is 1.20. The van der Waals surface area contributed by atoms with Crippen LogP contribution in [0.4, 0.5) is 0 Å². The molecule has 5 nitrogen and oxygen atoms in total. The van der Waals surface area contributed by atoms with Gasteiger partial charge in [0.2, 0.25) is 0 Å². The molecular weight excluding hydrogens is 198 g/mol. The van der Waals surface area contributed by atoms with Crippen molar-refractivity contribution in [1.82, 2.24) is 20.1 Å². The third-order valence-electron chi connectivity index (χ3n) is 1.91. The van der Waals surface area contributed by atoms with Crippen LogP contribution < -0.4 is 5.32 Å². The van der Waals surface area contributed by atoms with Crippen LogP contribution in [0.2, 0.25) is 0 Å². The maximum Gasteiger partial charge on any atom is 0.156 e. The second-order valence-electron chi connectivity index (χ2n) is 3.02. The zero-order valence-electron chi connectivity index (χ0n) is 7.89. The second kappa shape index (κ2) is 4.99. The Hall–Kier alpha value is -1.04. The largest absolute Gasteiger partial charge is 0.363 e. The van der Waals surface area contributed by atoms with Gasteiger partial charge in [-0.15, -0.1) is 10.2 Å². The molecule has 0 unspecified atom stereocenters. The van der Waals surface area contributed by atoms with E-state index in [1.54, 1.807) is 24.4 Å².